The molecule has 0 N–H and O–H groups in total. The Morgan fingerprint density at radius 2 is 2.06 bits per heavy atom. The van der Waals surface area contributed by atoms with E-state index in [4.69, 9.17) is 0 Å². The number of hydrogen-bond donors (Lipinski definition) is 0. The van der Waals surface area contributed by atoms with Crippen LogP contribution < -0.4 is 4.90 Å². The Labute approximate surface area is 109 Å². The Balaban J connectivity index is 1.98. The quantitative estimate of drug-likeness (QED) is 0.764. The highest BCUT2D eigenvalue weighted by Gasteiger charge is 2.23. The van der Waals surface area contributed by atoms with Gasteiger partial charge in [-0.15, -0.1) is 0 Å². The second-order valence-electron chi connectivity index (χ2n) is 5.26. The van der Waals surface area contributed by atoms with Crippen molar-refractivity contribution in [3.63, 3.8) is 0 Å². The molecule has 3 heteroatoms. The molecule has 1 aromatic rings. The highest BCUT2D eigenvalue weighted by Crippen LogP contribution is 2.30. The summed E-state index contributed by atoms with van der Waals surface area (Å²) in [6.45, 7) is 2.29. The van der Waals surface area contributed by atoms with Crippen LogP contribution in [0.4, 0.5) is 5.82 Å². The lowest BCUT2D eigenvalue weighted by Crippen LogP contribution is -2.35. The van der Waals surface area contributed by atoms with E-state index < -0.39 is 0 Å². The maximum absolute atomic E-state index is 10.6. The van der Waals surface area contributed by atoms with Gasteiger partial charge in [-0.1, -0.05) is 13.3 Å². The van der Waals surface area contributed by atoms with Crippen LogP contribution in [0.15, 0.2) is 18.3 Å². The lowest BCUT2D eigenvalue weighted by Gasteiger charge is -2.35. The third-order valence-electron chi connectivity index (χ3n) is 4.21. The van der Waals surface area contributed by atoms with Crippen LogP contribution in [0.2, 0.25) is 0 Å². The molecule has 0 amide bonds. The molecule has 1 fully saturated rings. The van der Waals surface area contributed by atoms with Crippen molar-refractivity contribution in [1.82, 2.24) is 4.98 Å². The molecule has 0 saturated heterocycles. The molecule has 1 heterocycles. The monoisotopic (exact) mass is 246 g/mol. The fraction of sp³-hybridized carbons (Fsp3) is 0.600. The topological polar surface area (TPSA) is 33.2 Å². The molecule has 1 saturated carbocycles. The van der Waals surface area contributed by atoms with Gasteiger partial charge in [0.15, 0.2) is 6.29 Å². The summed E-state index contributed by atoms with van der Waals surface area (Å²) in [4.78, 5) is 17.2. The maximum Gasteiger partial charge on any atom is 0.151 e. The molecule has 3 nitrogen and oxygen atoms in total. The highest BCUT2D eigenvalue weighted by atomic mass is 16.1. The van der Waals surface area contributed by atoms with Crippen molar-refractivity contribution >= 4 is 12.1 Å². The third-order valence-corrected chi connectivity index (χ3v) is 4.21. The van der Waals surface area contributed by atoms with E-state index in [9.17, 15) is 4.79 Å². The summed E-state index contributed by atoms with van der Waals surface area (Å²) >= 11 is 0. The van der Waals surface area contributed by atoms with Crippen molar-refractivity contribution < 1.29 is 4.79 Å². The summed E-state index contributed by atoms with van der Waals surface area (Å²) in [7, 11) is 2.11. The first-order valence-corrected chi connectivity index (χ1v) is 6.88. The number of anilines is 1. The average molecular weight is 246 g/mol. The standard InChI is InChI=1S/C15H22N2O/c1-3-12-4-7-14(8-5-12)17(2)15-9-6-13(11-18)10-16-15/h6,9-12,14H,3-5,7-8H2,1-2H3. The minimum absolute atomic E-state index is 0.599. The van der Waals surface area contributed by atoms with E-state index in [1.54, 1.807) is 6.20 Å². The number of rotatable bonds is 4. The number of aldehydes is 1. The van der Waals surface area contributed by atoms with E-state index in [1.165, 1.54) is 32.1 Å². The van der Waals surface area contributed by atoms with Crippen molar-refractivity contribution in [2.75, 3.05) is 11.9 Å². The molecule has 1 aliphatic rings. The smallest absolute Gasteiger partial charge is 0.151 e. The van der Waals surface area contributed by atoms with Crippen LogP contribution in [-0.2, 0) is 0 Å². The van der Waals surface area contributed by atoms with Crippen LogP contribution in [-0.4, -0.2) is 24.4 Å². The van der Waals surface area contributed by atoms with E-state index in [1.807, 2.05) is 12.1 Å². The number of nitrogens with zero attached hydrogens (tertiary/aromatic N) is 2. The van der Waals surface area contributed by atoms with Crippen molar-refractivity contribution in [3.05, 3.63) is 23.9 Å². The van der Waals surface area contributed by atoms with E-state index >= 15 is 0 Å². The SMILES string of the molecule is CCC1CCC(N(C)c2ccc(C=O)cn2)CC1. The predicted molar refractivity (Wildman–Crippen MR) is 74.1 cm³/mol. The zero-order valence-corrected chi connectivity index (χ0v) is 11.3. The van der Waals surface area contributed by atoms with Crippen molar-refractivity contribution in [3.8, 4) is 0 Å². The van der Waals surface area contributed by atoms with Gasteiger partial charge >= 0.3 is 0 Å². The van der Waals surface area contributed by atoms with Crippen LogP contribution in [0, 0.1) is 5.92 Å². The Morgan fingerprint density at radius 3 is 2.56 bits per heavy atom. The normalized spacial score (nSPS) is 23.7. The molecule has 98 valence electrons. The maximum atomic E-state index is 10.6. The van der Waals surface area contributed by atoms with Gasteiger partial charge in [-0.25, -0.2) is 4.98 Å². The second kappa shape index (κ2) is 5.98. The predicted octanol–water partition coefficient (Wildman–Crippen LogP) is 3.30. The minimum atomic E-state index is 0.599. The van der Waals surface area contributed by atoms with Crippen molar-refractivity contribution in [2.45, 2.75) is 45.1 Å². The summed E-state index contributed by atoms with van der Waals surface area (Å²) in [6, 6.07) is 4.38. The van der Waals surface area contributed by atoms with Crippen molar-refractivity contribution in [1.29, 1.82) is 0 Å². The average Bonchev–Trinajstić information content (AvgIpc) is 2.47. The van der Waals surface area contributed by atoms with Gasteiger partial charge in [0.2, 0.25) is 0 Å². The number of aromatic nitrogens is 1. The van der Waals surface area contributed by atoms with Crippen LogP contribution in [0.25, 0.3) is 0 Å². The summed E-state index contributed by atoms with van der Waals surface area (Å²) < 4.78 is 0. The Kier molecular flexibility index (Phi) is 4.34. The Bertz CT molecular complexity index is 380. The molecule has 0 bridgehead atoms. The Hall–Kier alpha value is -1.38. The molecule has 0 aliphatic heterocycles. The fourth-order valence-electron chi connectivity index (χ4n) is 2.80. The van der Waals surface area contributed by atoms with Gasteiger partial charge < -0.3 is 4.90 Å². The minimum Gasteiger partial charge on any atom is -0.357 e. The molecule has 1 aromatic heterocycles. The van der Waals surface area contributed by atoms with E-state index in [-0.39, 0.29) is 0 Å². The second-order valence-corrected chi connectivity index (χ2v) is 5.26. The van der Waals surface area contributed by atoms with Gasteiger partial charge in [0, 0.05) is 24.8 Å². The molecule has 0 atom stereocenters. The molecule has 0 spiro atoms. The van der Waals surface area contributed by atoms with Gasteiger partial charge in [0.25, 0.3) is 0 Å². The van der Waals surface area contributed by atoms with Crippen molar-refractivity contribution in [2.24, 2.45) is 5.92 Å². The number of carbonyl (C=O) groups is 1. The molecule has 0 radical (unpaired) electrons. The molecule has 18 heavy (non-hydrogen) atoms. The molecular weight excluding hydrogens is 224 g/mol. The van der Waals surface area contributed by atoms with Crippen LogP contribution in [0.1, 0.15) is 49.4 Å². The van der Waals surface area contributed by atoms with Crippen LogP contribution in [0.5, 0.6) is 0 Å². The van der Waals surface area contributed by atoms with E-state index in [0.29, 0.717) is 11.6 Å². The fourth-order valence-corrected chi connectivity index (χ4v) is 2.80. The summed E-state index contributed by atoms with van der Waals surface area (Å²) in [5.74, 6) is 1.89. The first kappa shape index (κ1) is 13.1. The largest absolute Gasteiger partial charge is 0.357 e. The van der Waals surface area contributed by atoms with Gasteiger partial charge in [-0.05, 0) is 43.7 Å². The lowest BCUT2D eigenvalue weighted by atomic mass is 9.84. The highest BCUT2D eigenvalue weighted by molar-refractivity contribution is 5.74. The third kappa shape index (κ3) is 2.89. The Morgan fingerprint density at radius 1 is 1.33 bits per heavy atom. The molecule has 1 aliphatic carbocycles. The van der Waals surface area contributed by atoms with Gasteiger partial charge in [0.05, 0.1) is 0 Å². The first-order valence-electron chi connectivity index (χ1n) is 6.88. The van der Waals surface area contributed by atoms with Gasteiger partial charge in [-0.3, -0.25) is 4.79 Å². The van der Waals surface area contributed by atoms with Gasteiger partial charge in [0.1, 0.15) is 5.82 Å². The zero-order valence-electron chi connectivity index (χ0n) is 11.3. The first-order chi connectivity index (χ1) is 8.74. The number of pyridine rings is 1. The van der Waals surface area contributed by atoms with E-state index in [0.717, 1.165) is 18.0 Å². The summed E-state index contributed by atoms with van der Waals surface area (Å²) in [5.41, 5.74) is 0.641. The molecule has 0 aromatic carbocycles. The molecular formula is C15H22N2O. The number of hydrogen-bond acceptors (Lipinski definition) is 3. The molecule has 2 rings (SSSR count). The number of carbonyl (C=O) groups excluding carboxylic acids is 1. The summed E-state index contributed by atoms with van der Waals surface area (Å²) in [6.07, 6.45) is 8.97. The van der Waals surface area contributed by atoms with Crippen LogP contribution >= 0.6 is 0 Å². The zero-order chi connectivity index (χ0) is 13.0. The lowest BCUT2D eigenvalue weighted by molar-refractivity contribution is 0.112. The van der Waals surface area contributed by atoms with Gasteiger partial charge in [-0.2, -0.15) is 0 Å². The molecule has 0 unspecified atom stereocenters. The van der Waals surface area contributed by atoms with Crippen LogP contribution in [0.3, 0.4) is 0 Å². The summed E-state index contributed by atoms with van der Waals surface area (Å²) in [5, 5.41) is 0. The van der Waals surface area contributed by atoms with E-state index in [2.05, 4.69) is 23.9 Å².